The summed E-state index contributed by atoms with van der Waals surface area (Å²) in [5.41, 5.74) is 5.67. The number of carbonyl (C=O) groups excluding carboxylic acids is 1. The van der Waals surface area contributed by atoms with Crippen molar-refractivity contribution in [1.82, 2.24) is 4.90 Å². The van der Waals surface area contributed by atoms with Crippen molar-refractivity contribution < 1.29 is 20.2 Å². The summed E-state index contributed by atoms with van der Waals surface area (Å²) >= 11 is 0. The summed E-state index contributed by atoms with van der Waals surface area (Å²) in [7, 11) is 0. The van der Waals surface area contributed by atoms with Gasteiger partial charge in [-0.05, 0) is 19.1 Å². The summed E-state index contributed by atoms with van der Waals surface area (Å²) in [6.07, 6.45) is 0. The average molecular weight is 281 g/mol. The maximum absolute atomic E-state index is 12.3. The van der Waals surface area contributed by atoms with E-state index in [1.54, 1.807) is 13.8 Å². The Balaban J connectivity index is 2.92. The van der Waals surface area contributed by atoms with E-state index < -0.39 is 0 Å². The molecular weight excluding hydrogens is 262 g/mol. The van der Waals surface area contributed by atoms with Gasteiger partial charge in [-0.25, -0.2) is 0 Å². The smallest absolute Gasteiger partial charge is 0.254 e. The third-order valence-corrected chi connectivity index (χ3v) is 2.93. The van der Waals surface area contributed by atoms with Crippen molar-refractivity contribution in [3.8, 4) is 11.5 Å². The molecule has 0 bridgehead atoms. The summed E-state index contributed by atoms with van der Waals surface area (Å²) in [5, 5.41) is 30.3. The zero-order chi connectivity index (χ0) is 15.3. The van der Waals surface area contributed by atoms with Crippen molar-refractivity contribution >= 4 is 11.7 Å². The number of amides is 1. The molecule has 0 aliphatic carbocycles. The predicted octanol–water partition coefficient (Wildman–Crippen LogP) is 0.942. The molecular formula is C13H19N3O4. The molecule has 0 heterocycles. The zero-order valence-electron chi connectivity index (χ0n) is 11.4. The lowest BCUT2D eigenvalue weighted by Crippen LogP contribution is -2.38. The Bertz CT molecular complexity index is 496. The number of hydrogen-bond donors (Lipinski definition) is 4. The van der Waals surface area contributed by atoms with Crippen LogP contribution in [0.25, 0.3) is 0 Å². The fourth-order valence-electron chi connectivity index (χ4n) is 1.78. The van der Waals surface area contributed by atoms with Gasteiger partial charge < -0.3 is 26.1 Å². The molecule has 1 atom stereocenters. The Morgan fingerprint density at radius 1 is 1.35 bits per heavy atom. The molecule has 1 unspecified atom stereocenters. The summed E-state index contributed by atoms with van der Waals surface area (Å²) in [6, 6.07) is 3.70. The maximum Gasteiger partial charge on any atom is 0.254 e. The SMILES string of the molecule is CCN(CC(C)/C(N)=N/O)C(=O)c1cc(O)cc(O)c1. The van der Waals surface area contributed by atoms with Crippen LogP contribution < -0.4 is 5.73 Å². The normalized spacial score (nSPS) is 13.0. The second kappa shape index (κ2) is 6.65. The highest BCUT2D eigenvalue weighted by Gasteiger charge is 2.19. The number of hydrogen-bond acceptors (Lipinski definition) is 5. The number of carbonyl (C=O) groups is 1. The molecule has 20 heavy (non-hydrogen) atoms. The number of oxime groups is 1. The summed E-state index contributed by atoms with van der Waals surface area (Å²) < 4.78 is 0. The van der Waals surface area contributed by atoms with Crippen LogP contribution >= 0.6 is 0 Å². The van der Waals surface area contributed by atoms with Gasteiger partial charge in [0, 0.05) is 30.6 Å². The second-order valence-electron chi connectivity index (χ2n) is 4.51. The van der Waals surface area contributed by atoms with Crippen molar-refractivity contribution in [2.75, 3.05) is 13.1 Å². The fraction of sp³-hybridized carbons (Fsp3) is 0.385. The summed E-state index contributed by atoms with van der Waals surface area (Å²) in [5.74, 6) is -0.996. The van der Waals surface area contributed by atoms with Crippen molar-refractivity contribution in [3.63, 3.8) is 0 Å². The van der Waals surface area contributed by atoms with E-state index >= 15 is 0 Å². The van der Waals surface area contributed by atoms with Crippen LogP contribution in [0.5, 0.6) is 11.5 Å². The fourth-order valence-corrected chi connectivity index (χ4v) is 1.78. The minimum absolute atomic E-state index is 0.0370. The van der Waals surface area contributed by atoms with Crippen molar-refractivity contribution in [2.24, 2.45) is 16.8 Å². The summed E-state index contributed by atoms with van der Waals surface area (Å²) in [6.45, 7) is 4.20. The minimum Gasteiger partial charge on any atom is -0.508 e. The molecule has 7 nitrogen and oxygen atoms in total. The van der Waals surface area contributed by atoms with Gasteiger partial charge in [0.25, 0.3) is 5.91 Å². The summed E-state index contributed by atoms with van der Waals surface area (Å²) in [4.78, 5) is 13.8. The first-order valence-electron chi connectivity index (χ1n) is 6.18. The van der Waals surface area contributed by atoms with Crippen LogP contribution in [0.1, 0.15) is 24.2 Å². The number of rotatable bonds is 5. The Hall–Kier alpha value is -2.44. The van der Waals surface area contributed by atoms with E-state index in [1.807, 2.05) is 0 Å². The van der Waals surface area contributed by atoms with Crippen molar-refractivity contribution in [2.45, 2.75) is 13.8 Å². The van der Waals surface area contributed by atoms with Gasteiger partial charge in [0.15, 0.2) is 0 Å². The predicted molar refractivity (Wildman–Crippen MR) is 73.9 cm³/mol. The molecule has 0 fully saturated rings. The number of nitrogens with zero attached hydrogens (tertiary/aromatic N) is 2. The van der Waals surface area contributed by atoms with Crippen molar-refractivity contribution in [3.05, 3.63) is 23.8 Å². The first-order valence-corrected chi connectivity index (χ1v) is 6.18. The Kier molecular flexibility index (Phi) is 5.19. The van der Waals surface area contributed by atoms with Gasteiger partial charge >= 0.3 is 0 Å². The number of benzene rings is 1. The molecule has 1 aromatic carbocycles. The molecule has 5 N–H and O–H groups in total. The molecule has 0 spiro atoms. The van der Waals surface area contributed by atoms with Crippen LogP contribution in [0.2, 0.25) is 0 Å². The number of nitrogens with two attached hydrogens (primary N) is 1. The molecule has 1 amide bonds. The lowest BCUT2D eigenvalue weighted by molar-refractivity contribution is 0.0753. The molecule has 0 aliphatic heterocycles. The molecule has 7 heteroatoms. The van der Waals surface area contributed by atoms with E-state index in [-0.39, 0.29) is 41.3 Å². The van der Waals surface area contributed by atoms with E-state index in [2.05, 4.69) is 5.16 Å². The van der Waals surface area contributed by atoms with Gasteiger partial charge in [0.05, 0.1) is 0 Å². The lowest BCUT2D eigenvalue weighted by atomic mass is 10.1. The van der Waals surface area contributed by atoms with Gasteiger partial charge in [-0.15, -0.1) is 0 Å². The second-order valence-corrected chi connectivity index (χ2v) is 4.51. The molecule has 0 aliphatic rings. The number of phenolic OH excluding ortho intramolecular Hbond substituents is 2. The monoisotopic (exact) mass is 281 g/mol. The third-order valence-electron chi connectivity index (χ3n) is 2.93. The number of phenols is 2. The van der Waals surface area contributed by atoms with Gasteiger partial charge in [0.2, 0.25) is 0 Å². The highest BCUT2D eigenvalue weighted by molar-refractivity contribution is 5.95. The van der Waals surface area contributed by atoms with E-state index in [0.29, 0.717) is 6.54 Å². The van der Waals surface area contributed by atoms with E-state index in [0.717, 1.165) is 6.07 Å². The minimum atomic E-state index is -0.351. The van der Waals surface area contributed by atoms with Crippen LogP contribution in [-0.4, -0.2) is 45.2 Å². The largest absolute Gasteiger partial charge is 0.508 e. The van der Waals surface area contributed by atoms with Gasteiger partial charge in [-0.1, -0.05) is 12.1 Å². The van der Waals surface area contributed by atoms with Crippen LogP contribution in [0.15, 0.2) is 23.4 Å². The molecule has 1 rings (SSSR count). The first-order chi connectivity index (χ1) is 9.38. The van der Waals surface area contributed by atoms with Crippen LogP contribution in [-0.2, 0) is 0 Å². The van der Waals surface area contributed by atoms with Crippen LogP contribution in [0.4, 0.5) is 0 Å². The third kappa shape index (κ3) is 3.78. The molecule has 1 aromatic rings. The van der Waals surface area contributed by atoms with Gasteiger partial charge in [-0.3, -0.25) is 4.79 Å². The standard InChI is InChI=1S/C13H19N3O4/c1-3-16(7-8(2)12(14)15-20)13(19)9-4-10(17)6-11(18)5-9/h4-6,8,17-18,20H,3,7H2,1-2H3,(H2,14,15). The molecule has 0 aromatic heterocycles. The molecule has 0 radical (unpaired) electrons. The average Bonchev–Trinajstić information content (AvgIpc) is 2.41. The van der Waals surface area contributed by atoms with Crippen LogP contribution in [0, 0.1) is 5.92 Å². The highest BCUT2D eigenvalue weighted by Crippen LogP contribution is 2.21. The molecule has 0 saturated carbocycles. The quantitative estimate of drug-likeness (QED) is 0.277. The Labute approximate surface area is 116 Å². The number of amidine groups is 1. The topological polar surface area (TPSA) is 119 Å². The molecule has 0 saturated heterocycles. The Morgan fingerprint density at radius 3 is 2.35 bits per heavy atom. The van der Waals surface area contributed by atoms with Gasteiger partial charge in [-0.2, -0.15) is 0 Å². The van der Waals surface area contributed by atoms with Crippen molar-refractivity contribution in [1.29, 1.82) is 0 Å². The van der Waals surface area contributed by atoms with E-state index in [9.17, 15) is 15.0 Å². The maximum atomic E-state index is 12.3. The first kappa shape index (κ1) is 15.6. The molecule has 110 valence electrons. The van der Waals surface area contributed by atoms with E-state index in [1.165, 1.54) is 17.0 Å². The zero-order valence-corrected chi connectivity index (χ0v) is 11.4. The highest BCUT2D eigenvalue weighted by atomic mass is 16.4. The number of aromatic hydroxyl groups is 2. The lowest BCUT2D eigenvalue weighted by Gasteiger charge is -2.24. The van der Waals surface area contributed by atoms with Crippen LogP contribution in [0.3, 0.4) is 0 Å². The van der Waals surface area contributed by atoms with Gasteiger partial charge in [0.1, 0.15) is 17.3 Å². The Morgan fingerprint density at radius 2 is 1.90 bits per heavy atom. The van der Waals surface area contributed by atoms with E-state index in [4.69, 9.17) is 10.9 Å².